The van der Waals surface area contributed by atoms with Crippen molar-refractivity contribution in [2.45, 2.75) is 81.2 Å². The maximum atomic E-state index is 13.3. The minimum absolute atomic E-state index is 0.0268. The molecule has 3 aromatic carbocycles. The van der Waals surface area contributed by atoms with Crippen molar-refractivity contribution in [1.29, 1.82) is 0 Å². The fourth-order valence-electron chi connectivity index (χ4n) is 6.66. The smallest absolute Gasteiger partial charge is 0.497 e. The highest BCUT2D eigenvalue weighted by molar-refractivity contribution is 8.00. The van der Waals surface area contributed by atoms with Crippen LogP contribution in [0.4, 0.5) is 5.95 Å². The number of hydrogen-bond acceptors (Lipinski definition) is 11. The lowest BCUT2D eigenvalue weighted by molar-refractivity contribution is -0.118. The third-order valence-electron chi connectivity index (χ3n) is 10.8. The van der Waals surface area contributed by atoms with Crippen molar-refractivity contribution in [3.63, 3.8) is 0 Å². The van der Waals surface area contributed by atoms with Crippen molar-refractivity contribution in [3.8, 4) is 11.5 Å². The molecule has 0 aliphatic carbocycles. The Morgan fingerprint density at radius 1 is 0.948 bits per heavy atom. The molecule has 5 atom stereocenters. The average Bonchev–Trinajstić information content (AvgIpc) is 3.76. The number of nitrogens with one attached hydrogen (secondary N) is 2. The summed E-state index contributed by atoms with van der Waals surface area (Å²) < 4.78 is 45.8. The number of aromatic amines is 1. The van der Waals surface area contributed by atoms with Crippen LogP contribution in [0.25, 0.3) is 11.2 Å². The fourth-order valence-corrected chi connectivity index (χ4v) is 10.1. The monoisotopic (exact) mass is 848 g/mol. The molecule has 3 heterocycles. The van der Waals surface area contributed by atoms with Crippen LogP contribution in [-0.4, -0.2) is 76.9 Å². The number of ether oxygens (including phenoxy) is 3. The zero-order valence-corrected chi connectivity index (χ0v) is 36.8. The highest BCUT2D eigenvalue weighted by Crippen LogP contribution is 2.52. The first-order valence-electron chi connectivity index (χ1n) is 18.9. The zero-order valence-electron chi connectivity index (χ0n) is 34.1. The van der Waals surface area contributed by atoms with E-state index in [2.05, 4.69) is 54.1 Å². The SMILES string of the molecule is COc1ccc(C(OC[C@H]2S[C@@H](n3cnc4c(=O)[nH]c(NC(=O)C(C)C)nc43)[C@H](O[P+](=O)O)[C@@H]2O[Si](C)(C)C(C)(C)C)(c2ccccc2)c2ccc(OC)cc2)cc1. The fraction of sp³-hybridized carbons (Fsp3) is 0.415. The van der Waals surface area contributed by atoms with E-state index in [9.17, 15) is 19.0 Å². The second-order valence-electron chi connectivity index (χ2n) is 15.9. The van der Waals surface area contributed by atoms with Crippen LogP contribution < -0.4 is 20.3 Å². The van der Waals surface area contributed by atoms with Gasteiger partial charge in [-0.3, -0.25) is 24.5 Å². The normalized spacial score (nSPS) is 19.1. The van der Waals surface area contributed by atoms with Crippen LogP contribution in [0.15, 0.2) is 90.0 Å². The minimum Gasteiger partial charge on any atom is -0.497 e. The van der Waals surface area contributed by atoms with Gasteiger partial charge < -0.3 is 18.6 Å². The van der Waals surface area contributed by atoms with Crippen LogP contribution in [-0.2, 0) is 28.6 Å². The lowest BCUT2D eigenvalue weighted by Crippen LogP contribution is -2.50. The zero-order chi connectivity index (χ0) is 42.0. The molecule has 0 radical (unpaired) electrons. The van der Waals surface area contributed by atoms with Crippen LogP contribution in [0.3, 0.4) is 0 Å². The summed E-state index contributed by atoms with van der Waals surface area (Å²) in [6.07, 6.45) is -0.349. The number of carbonyl (C=O) groups is 1. The Morgan fingerprint density at radius 3 is 2.03 bits per heavy atom. The molecular weight excluding hydrogens is 798 g/mol. The van der Waals surface area contributed by atoms with E-state index >= 15 is 0 Å². The molecule has 0 saturated carbocycles. The van der Waals surface area contributed by atoms with Crippen molar-refractivity contribution in [2.75, 3.05) is 26.1 Å². The summed E-state index contributed by atoms with van der Waals surface area (Å²) in [5.41, 5.74) is 0.979. The summed E-state index contributed by atoms with van der Waals surface area (Å²) in [4.78, 5) is 47.8. The summed E-state index contributed by atoms with van der Waals surface area (Å²) in [6, 6.07) is 25.4. The highest BCUT2D eigenvalue weighted by atomic mass is 32.2. The number of nitrogens with zero attached hydrogens (tertiary/aromatic N) is 3. The van der Waals surface area contributed by atoms with Gasteiger partial charge in [0.15, 0.2) is 25.6 Å². The van der Waals surface area contributed by atoms with Gasteiger partial charge in [-0.25, -0.2) is 4.98 Å². The van der Waals surface area contributed by atoms with Gasteiger partial charge in [0.25, 0.3) is 5.56 Å². The van der Waals surface area contributed by atoms with Crippen molar-refractivity contribution < 1.29 is 37.4 Å². The molecule has 2 aromatic heterocycles. The van der Waals surface area contributed by atoms with Gasteiger partial charge in [-0.1, -0.05) is 89.2 Å². The first kappa shape index (κ1) is 43.2. The number of benzene rings is 3. The van der Waals surface area contributed by atoms with Crippen molar-refractivity contribution >= 4 is 51.4 Å². The second-order valence-corrected chi connectivity index (χ2v) is 22.7. The molecule has 0 bridgehead atoms. The van der Waals surface area contributed by atoms with Gasteiger partial charge in [0.1, 0.15) is 22.5 Å². The Bertz CT molecular complexity index is 2230. The van der Waals surface area contributed by atoms with Gasteiger partial charge >= 0.3 is 8.25 Å². The Balaban J connectivity index is 1.51. The van der Waals surface area contributed by atoms with E-state index in [0.29, 0.717) is 11.5 Å². The van der Waals surface area contributed by atoms with Crippen LogP contribution in [0.2, 0.25) is 18.1 Å². The van der Waals surface area contributed by atoms with Crippen LogP contribution in [0, 0.1) is 5.92 Å². The van der Waals surface area contributed by atoms with Crippen LogP contribution >= 0.6 is 20.0 Å². The third kappa shape index (κ3) is 8.78. The van der Waals surface area contributed by atoms with Gasteiger partial charge in [0, 0.05) is 10.5 Å². The number of hydrogen-bond donors (Lipinski definition) is 3. The minimum atomic E-state index is -3.13. The van der Waals surface area contributed by atoms with Crippen molar-refractivity contribution in [2.24, 2.45) is 5.92 Å². The summed E-state index contributed by atoms with van der Waals surface area (Å²) in [7, 11) is -2.50. The topological polar surface area (TPSA) is 176 Å². The van der Waals surface area contributed by atoms with Crippen LogP contribution in [0.5, 0.6) is 11.5 Å². The Hall–Kier alpha value is -4.41. The molecule has 1 aliphatic rings. The Labute approximate surface area is 344 Å². The molecule has 1 fully saturated rings. The molecular formula is C41H51N5O9PSSi+. The van der Waals surface area contributed by atoms with E-state index in [1.807, 2.05) is 78.9 Å². The molecule has 14 nitrogen and oxygen atoms in total. The van der Waals surface area contributed by atoms with E-state index in [4.69, 9.17) is 23.2 Å². The van der Waals surface area contributed by atoms with Gasteiger partial charge in [-0.15, -0.1) is 21.2 Å². The highest BCUT2D eigenvalue weighted by Gasteiger charge is 2.55. The molecule has 308 valence electrons. The van der Waals surface area contributed by atoms with E-state index < -0.39 is 50.6 Å². The molecule has 3 N–H and O–H groups in total. The maximum absolute atomic E-state index is 13.3. The number of aromatic nitrogens is 4. The third-order valence-corrected chi connectivity index (χ3v) is 17.3. The van der Waals surface area contributed by atoms with E-state index in [1.54, 1.807) is 32.6 Å². The summed E-state index contributed by atoms with van der Waals surface area (Å²) >= 11 is 1.41. The molecule has 1 unspecified atom stereocenters. The molecule has 1 amide bonds. The quantitative estimate of drug-likeness (QED) is 0.0531. The largest absolute Gasteiger partial charge is 0.695 e. The van der Waals surface area contributed by atoms with Crippen molar-refractivity contribution in [1.82, 2.24) is 19.5 Å². The predicted octanol–water partition coefficient (Wildman–Crippen LogP) is 7.78. The van der Waals surface area contributed by atoms with Crippen molar-refractivity contribution in [3.05, 3.63) is 112 Å². The molecule has 6 rings (SSSR count). The number of thioether (sulfide) groups is 1. The molecule has 17 heteroatoms. The molecule has 0 spiro atoms. The number of imidazole rings is 1. The summed E-state index contributed by atoms with van der Waals surface area (Å²) in [6.45, 7) is 14.1. The Kier molecular flexibility index (Phi) is 13.0. The number of anilines is 1. The number of amides is 1. The van der Waals surface area contributed by atoms with Gasteiger partial charge in [-0.2, -0.15) is 4.98 Å². The molecule has 5 aromatic rings. The van der Waals surface area contributed by atoms with Crippen LogP contribution in [0.1, 0.15) is 56.7 Å². The van der Waals surface area contributed by atoms with Gasteiger partial charge in [-0.05, 0) is 59.1 Å². The Morgan fingerprint density at radius 2 is 1.52 bits per heavy atom. The molecule has 58 heavy (non-hydrogen) atoms. The maximum Gasteiger partial charge on any atom is 0.695 e. The second kappa shape index (κ2) is 17.4. The standard InChI is InChI=1S/C41H50N5O9PSSi/c1-25(2)36(47)44-39-43-35-32(37(48)45-39)42-24-46(35)38-34(54-56(49)50)33(55-58(8,9)40(3,4)5)31(57-38)23-53-41(26-13-11-10-12-14-26,27-15-19-29(51-6)20-16-27)28-17-21-30(52-7)22-18-28/h10-22,24-25,31,33-34,38H,23H2,1-9H3,(H2-,43,44,45,47,48,49,50)/p+1/t31-,33-,34-,38-/m1/s1. The molecule has 1 aliphatic heterocycles. The number of carbonyl (C=O) groups excluding carboxylic acids is 1. The number of H-pyrrole nitrogens is 1. The average molecular weight is 849 g/mol. The first-order chi connectivity index (χ1) is 27.5. The number of methoxy groups -OCH3 is 2. The lowest BCUT2D eigenvalue weighted by atomic mass is 9.80. The van der Waals surface area contributed by atoms with Gasteiger partial charge in [0.2, 0.25) is 11.9 Å². The molecule has 1 saturated heterocycles. The van der Waals surface area contributed by atoms with Gasteiger partial charge in [0.05, 0.1) is 38.5 Å². The first-order valence-corrected chi connectivity index (χ1v) is 23.9. The van der Waals surface area contributed by atoms with E-state index in [-0.39, 0.29) is 40.6 Å². The predicted molar refractivity (Wildman–Crippen MR) is 227 cm³/mol. The van der Waals surface area contributed by atoms with E-state index in [1.165, 1.54) is 18.1 Å². The number of rotatable bonds is 15. The lowest BCUT2D eigenvalue weighted by Gasteiger charge is -2.41. The van der Waals surface area contributed by atoms with E-state index in [0.717, 1.165) is 16.7 Å². The summed E-state index contributed by atoms with van der Waals surface area (Å²) in [5.74, 6) is 0.609. The number of fused-ring (bicyclic) bond motifs is 1. The summed E-state index contributed by atoms with van der Waals surface area (Å²) in [5, 5.41) is 1.15.